The molecule has 2 heterocycles. The van der Waals surface area contributed by atoms with Crippen LogP contribution in [0.2, 0.25) is 0 Å². The highest BCUT2D eigenvalue weighted by atomic mass is 32.1. The number of nitrogens with two attached hydrogens (primary N) is 1. The molecule has 1 aliphatic heterocycles. The lowest BCUT2D eigenvalue weighted by Crippen LogP contribution is -2.11. The summed E-state index contributed by atoms with van der Waals surface area (Å²) in [5, 5.41) is 0.714. The van der Waals surface area contributed by atoms with Crippen molar-refractivity contribution in [2.75, 3.05) is 18.6 Å². The summed E-state index contributed by atoms with van der Waals surface area (Å²) in [6, 6.07) is 0. The minimum atomic E-state index is 0.242. The fourth-order valence-electron chi connectivity index (χ4n) is 1.29. The third-order valence-electron chi connectivity index (χ3n) is 2.03. The second-order valence-electron chi connectivity index (χ2n) is 3.07. The average Bonchev–Trinajstić information content (AvgIpc) is 2.86. The fraction of sp³-hybridized carbons (Fsp3) is 0.625. The Kier molecular flexibility index (Phi) is 3.30. The first kappa shape index (κ1) is 9.85. The SMILES string of the molecule is NNc1ncc(COC2CCOC2)s1. The summed E-state index contributed by atoms with van der Waals surface area (Å²) < 4.78 is 10.8. The zero-order valence-electron chi connectivity index (χ0n) is 7.73. The van der Waals surface area contributed by atoms with Gasteiger partial charge in [0.25, 0.3) is 0 Å². The summed E-state index contributed by atoms with van der Waals surface area (Å²) in [6.45, 7) is 2.11. The number of hydrazine groups is 1. The molecule has 0 bridgehead atoms. The molecule has 0 aliphatic carbocycles. The largest absolute Gasteiger partial charge is 0.379 e. The van der Waals surface area contributed by atoms with E-state index in [2.05, 4.69) is 10.4 Å². The molecule has 1 unspecified atom stereocenters. The van der Waals surface area contributed by atoms with Crippen LogP contribution in [0, 0.1) is 0 Å². The molecule has 2 rings (SSSR count). The molecule has 1 fully saturated rings. The van der Waals surface area contributed by atoms with Crippen LogP contribution in [-0.2, 0) is 16.1 Å². The van der Waals surface area contributed by atoms with Gasteiger partial charge in [0.05, 0.1) is 24.2 Å². The number of hydrogen-bond acceptors (Lipinski definition) is 6. The maximum absolute atomic E-state index is 5.62. The molecule has 0 saturated carbocycles. The molecule has 78 valence electrons. The normalized spacial score (nSPS) is 21.4. The summed E-state index contributed by atoms with van der Waals surface area (Å²) in [6.07, 6.45) is 3.00. The lowest BCUT2D eigenvalue weighted by molar-refractivity contribution is 0.0330. The first-order valence-corrected chi connectivity index (χ1v) is 5.31. The van der Waals surface area contributed by atoms with E-state index in [1.807, 2.05) is 0 Å². The molecule has 6 heteroatoms. The summed E-state index contributed by atoms with van der Waals surface area (Å²) in [7, 11) is 0. The van der Waals surface area contributed by atoms with Gasteiger partial charge in [-0.3, -0.25) is 5.43 Å². The zero-order chi connectivity index (χ0) is 9.80. The van der Waals surface area contributed by atoms with Gasteiger partial charge in [-0.25, -0.2) is 10.8 Å². The quantitative estimate of drug-likeness (QED) is 0.572. The number of rotatable bonds is 4. The monoisotopic (exact) mass is 215 g/mol. The standard InChI is InChI=1S/C8H13N3O2S/c9-11-8-10-3-7(14-8)5-13-6-1-2-12-4-6/h3,6H,1-2,4-5,9H2,(H,10,11). The molecule has 0 amide bonds. The topological polar surface area (TPSA) is 69.4 Å². The van der Waals surface area contributed by atoms with Crippen LogP contribution >= 0.6 is 11.3 Å². The maximum Gasteiger partial charge on any atom is 0.197 e. The second kappa shape index (κ2) is 4.70. The van der Waals surface area contributed by atoms with E-state index in [1.165, 1.54) is 11.3 Å². The predicted octanol–water partition coefficient (Wildman–Crippen LogP) is 0.734. The third kappa shape index (κ3) is 2.42. The molecule has 1 aromatic heterocycles. The highest BCUT2D eigenvalue weighted by molar-refractivity contribution is 7.15. The van der Waals surface area contributed by atoms with Gasteiger partial charge in [0.1, 0.15) is 0 Å². The van der Waals surface area contributed by atoms with Crippen LogP contribution in [-0.4, -0.2) is 24.3 Å². The Bertz CT molecular complexity index is 286. The molecular weight excluding hydrogens is 202 g/mol. The van der Waals surface area contributed by atoms with Crippen LogP contribution in [0.15, 0.2) is 6.20 Å². The highest BCUT2D eigenvalue weighted by Crippen LogP contribution is 2.19. The zero-order valence-corrected chi connectivity index (χ0v) is 8.55. The number of ether oxygens (including phenoxy) is 2. The van der Waals surface area contributed by atoms with Crippen molar-refractivity contribution in [3.63, 3.8) is 0 Å². The average molecular weight is 215 g/mol. The van der Waals surface area contributed by atoms with Gasteiger partial charge >= 0.3 is 0 Å². The van der Waals surface area contributed by atoms with Crippen molar-refractivity contribution < 1.29 is 9.47 Å². The van der Waals surface area contributed by atoms with Crippen molar-refractivity contribution in [1.29, 1.82) is 0 Å². The van der Waals surface area contributed by atoms with Crippen molar-refractivity contribution in [3.8, 4) is 0 Å². The number of anilines is 1. The number of aromatic nitrogens is 1. The van der Waals surface area contributed by atoms with Gasteiger partial charge in [-0.15, -0.1) is 0 Å². The molecule has 3 N–H and O–H groups in total. The van der Waals surface area contributed by atoms with E-state index in [-0.39, 0.29) is 6.10 Å². The summed E-state index contributed by atoms with van der Waals surface area (Å²) in [5.74, 6) is 5.22. The molecule has 14 heavy (non-hydrogen) atoms. The molecule has 0 aromatic carbocycles. The van der Waals surface area contributed by atoms with Crippen molar-refractivity contribution in [2.24, 2.45) is 5.84 Å². The Morgan fingerprint density at radius 3 is 3.36 bits per heavy atom. The Balaban J connectivity index is 1.79. The Morgan fingerprint density at radius 2 is 2.71 bits per heavy atom. The Labute approximate surface area is 86.2 Å². The van der Waals surface area contributed by atoms with Gasteiger partial charge in [-0.1, -0.05) is 11.3 Å². The number of hydrogen-bond donors (Lipinski definition) is 2. The van der Waals surface area contributed by atoms with Crippen molar-refractivity contribution in [3.05, 3.63) is 11.1 Å². The van der Waals surface area contributed by atoms with Gasteiger partial charge in [-0.05, 0) is 6.42 Å². The molecule has 1 saturated heterocycles. The second-order valence-corrected chi connectivity index (χ2v) is 4.19. The first-order valence-electron chi connectivity index (χ1n) is 4.49. The van der Waals surface area contributed by atoms with Crippen LogP contribution in [0.25, 0.3) is 0 Å². The molecule has 0 radical (unpaired) electrons. The number of nitrogens with one attached hydrogen (secondary N) is 1. The van der Waals surface area contributed by atoms with Crippen LogP contribution < -0.4 is 11.3 Å². The van der Waals surface area contributed by atoms with Crippen LogP contribution in [0.3, 0.4) is 0 Å². The van der Waals surface area contributed by atoms with Gasteiger partial charge in [0.2, 0.25) is 0 Å². The minimum Gasteiger partial charge on any atom is -0.379 e. The van der Waals surface area contributed by atoms with Gasteiger partial charge in [0.15, 0.2) is 5.13 Å². The number of thiazole rings is 1. The van der Waals surface area contributed by atoms with Gasteiger partial charge in [0, 0.05) is 12.8 Å². The summed E-state index contributed by atoms with van der Waals surface area (Å²) in [5.41, 5.74) is 2.50. The lowest BCUT2D eigenvalue weighted by atomic mass is 10.3. The Morgan fingerprint density at radius 1 is 1.79 bits per heavy atom. The van der Waals surface area contributed by atoms with Crippen molar-refractivity contribution >= 4 is 16.5 Å². The van der Waals surface area contributed by atoms with E-state index < -0.39 is 0 Å². The molecule has 1 aliphatic rings. The smallest absolute Gasteiger partial charge is 0.197 e. The highest BCUT2D eigenvalue weighted by Gasteiger charge is 2.16. The minimum absolute atomic E-state index is 0.242. The molecule has 5 nitrogen and oxygen atoms in total. The summed E-state index contributed by atoms with van der Waals surface area (Å²) in [4.78, 5) is 5.12. The molecule has 1 atom stereocenters. The predicted molar refractivity (Wildman–Crippen MR) is 53.9 cm³/mol. The fourth-order valence-corrected chi connectivity index (χ4v) is 1.93. The van der Waals surface area contributed by atoms with Gasteiger partial charge in [-0.2, -0.15) is 0 Å². The molecule has 0 spiro atoms. The van der Waals surface area contributed by atoms with Crippen LogP contribution in [0.1, 0.15) is 11.3 Å². The summed E-state index contributed by atoms with van der Waals surface area (Å²) >= 11 is 1.50. The lowest BCUT2D eigenvalue weighted by Gasteiger charge is -2.07. The molecule has 1 aromatic rings. The third-order valence-corrected chi connectivity index (χ3v) is 2.93. The molecular formula is C8H13N3O2S. The van der Waals surface area contributed by atoms with E-state index in [9.17, 15) is 0 Å². The van der Waals surface area contributed by atoms with Crippen molar-refractivity contribution in [2.45, 2.75) is 19.1 Å². The maximum atomic E-state index is 5.62. The van der Waals surface area contributed by atoms with Crippen LogP contribution in [0.5, 0.6) is 0 Å². The van der Waals surface area contributed by atoms with E-state index >= 15 is 0 Å². The van der Waals surface area contributed by atoms with E-state index in [1.54, 1.807) is 6.20 Å². The first-order chi connectivity index (χ1) is 6.88. The number of nitrogen functional groups attached to an aromatic ring is 1. The van der Waals surface area contributed by atoms with Crippen LogP contribution in [0.4, 0.5) is 5.13 Å². The van der Waals surface area contributed by atoms with E-state index in [0.717, 1.165) is 17.9 Å². The van der Waals surface area contributed by atoms with Crippen molar-refractivity contribution in [1.82, 2.24) is 4.98 Å². The van der Waals surface area contributed by atoms with Gasteiger partial charge < -0.3 is 9.47 Å². The number of nitrogens with zero attached hydrogens (tertiary/aromatic N) is 1. The Hall–Kier alpha value is -0.690. The van der Waals surface area contributed by atoms with E-state index in [4.69, 9.17) is 15.3 Å². The van der Waals surface area contributed by atoms with E-state index in [0.29, 0.717) is 18.3 Å².